The van der Waals surface area contributed by atoms with Crippen LogP contribution in [0.1, 0.15) is 5.56 Å². The highest BCUT2D eigenvalue weighted by Gasteiger charge is 1.94. The Morgan fingerprint density at radius 1 is 1.39 bits per heavy atom. The summed E-state index contributed by atoms with van der Waals surface area (Å²) in [5, 5.41) is 2.66. The van der Waals surface area contributed by atoms with Gasteiger partial charge in [-0.3, -0.25) is 4.79 Å². The Morgan fingerprint density at radius 3 is 2.72 bits per heavy atom. The van der Waals surface area contributed by atoms with Crippen LogP contribution in [-0.4, -0.2) is 26.4 Å². The third-order valence-corrected chi connectivity index (χ3v) is 2.07. The summed E-state index contributed by atoms with van der Waals surface area (Å²) in [6.45, 7) is 4.21. The molecule has 0 unspecified atom stereocenters. The first kappa shape index (κ1) is 14.0. The Kier molecular flexibility index (Phi) is 6.28. The van der Waals surface area contributed by atoms with Crippen LogP contribution in [0.2, 0.25) is 0 Å². The Hall–Kier alpha value is -2.07. The lowest BCUT2D eigenvalue weighted by molar-refractivity contribution is -0.116. The number of carbonyl (C=O) groups is 1. The van der Waals surface area contributed by atoms with E-state index in [4.69, 9.17) is 9.47 Å². The fourth-order valence-electron chi connectivity index (χ4n) is 1.21. The lowest BCUT2D eigenvalue weighted by atomic mass is 10.2. The van der Waals surface area contributed by atoms with E-state index in [2.05, 4.69) is 11.9 Å². The molecular weight excluding hydrogens is 230 g/mol. The van der Waals surface area contributed by atoms with Gasteiger partial charge in [-0.2, -0.15) is 0 Å². The molecule has 0 heterocycles. The molecule has 0 aliphatic carbocycles. The molecule has 18 heavy (non-hydrogen) atoms. The lowest BCUT2D eigenvalue weighted by Gasteiger charge is -2.04. The van der Waals surface area contributed by atoms with Crippen LogP contribution in [-0.2, 0) is 9.53 Å². The molecule has 1 aromatic rings. The second-order valence-corrected chi connectivity index (χ2v) is 3.49. The normalized spacial score (nSPS) is 10.3. The third kappa shape index (κ3) is 5.32. The molecule has 0 radical (unpaired) electrons. The average Bonchev–Trinajstić information content (AvgIpc) is 2.41. The number of hydrogen-bond donors (Lipinski definition) is 1. The third-order valence-electron chi connectivity index (χ3n) is 2.07. The van der Waals surface area contributed by atoms with Crippen molar-refractivity contribution in [3.8, 4) is 5.75 Å². The lowest BCUT2D eigenvalue weighted by Crippen LogP contribution is -2.20. The maximum absolute atomic E-state index is 11.3. The van der Waals surface area contributed by atoms with Crippen molar-refractivity contribution in [3.63, 3.8) is 0 Å². The topological polar surface area (TPSA) is 47.6 Å². The summed E-state index contributed by atoms with van der Waals surface area (Å²) in [6, 6.07) is 7.37. The first-order chi connectivity index (χ1) is 8.76. The fraction of sp³-hybridized carbons (Fsp3) is 0.214. The first-order valence-corrected chi connectivity index (χ1v) is 5.55. The van der Waals surface area contributed by atoms with E-state index < -0.39 is 0 Å². The molecular formula is C14H17NO3. The van der Waals surface area contributed by atoms with Crippen molar-refractivity contribution in [2.45, 2.75) is 0 Å². The maximum atomic E-state index is 11.3. The van der Waals surface area contributed by atoms with Crippen molar-refractivity contribution >= 4 is 12.0 Å². The molecule has 0 bridgehead atoms. The number of rotatable bonds is 7. The fourth-order valence-corrected chi connectivity index (χ4v) is 1.21. The summed E-state index contributed by atoms with van der Waals surface area (Å²) >= 11 is 0. The number of hydrogen-bond acceptors (Lipinski definition) is 3. The highest BCUT2D eigenvalue weighted by molar-refractivity contribution is 5.91. The van der Waals surface area contributed by atoms with Gasteiger partial charge >= 0.3 is 0 Å². The molecule has 0 fully saturated rings. The van der Waals surface area contributed by atoms with Gasteiger partial charge in [0.2, 0.25) is 5.91 Å². The second kappa shape index (κ2) is 8.08. The van der Waals surface area contributed by atoms with Gasteiger partial charge in [-0.1, -0.05) is 18.2 Å². The van der Waals surface area contributed by atoms with Gasteiger partial charge in [0.15, 0.2) is 6.79 Å². The monoisotopic (exact) mass is 247 g/mol. The van der Waals surface area contributed by atoms with Gasteiger partial charge in [0, 0.05) is 19.7 Å². The van der Waals surface area contributed by atoms with Gasteiger partial charge in [-0.15, -0.1) is 6.58 Å². The van der Waals surface area contributed by atoms with Crippen LogP contribution >= 0.6 is 0 Å². The van der Waals surface area contributed by atoms with E-state index >= 15 is 0 Å². The summed E-state index contributed by atoms with van der Waals surface area (Å²) in [5.74, 6) is 0.583. The van der Waals surface area contributed by atoms with Crippen LogP contribution in [0, 0.1) is 0 Å². The zero-order valence-corrected chi connectivity index (χ0v) is 10.4. The van der Waals surface area contributed by atoms with Gasteiger partial charge in [0.1, 0.15) is 5.75 Å². The van der Waals surface area contributed by atoms with Gasteiger partial charge in [-0.25, -0.2) is 0 Å². The molecule has 1 N–H and O–H groups in total. The van der Waals surface area contributed by atoms with Crippen LogP contribution in [0.15, 0.2) is 43.0 Å². The van der Waals surface area contributed by atoms with Gasteiger partial charge < -0.3 is 14.8 Å². The molecule has 1 aromatic carbocycles. The minimum atomic E-state index is -0.144. The number of methoxy groups -OCH3 is 1. The van der Waals surface area contributed by atoms with Crippen molar-refractivity contribution in [2.24, 2.45) is 0 Å². The highest BCUT2D eigenvalue weighted by atomic mass is 16.7. The summed E-state index contributed by atoms with van der Waals surface area (Å²) in [7, 11) is 1.57. The highest BCUT2D eigenvalue weighted by Crippen LogP contribution is 2.12. The molecule has 0 saturated carbocycles. The molecule has 0 spiro atoms. The molecule has 0 aliphatic rings. The number of nitrogens with one attached hydrogen (secondary N) is 1. The SMILES string of the molecule is C=CCNC(=O)/C=C/c1ccc(OCOC)cc1. The summed E-state index contributed by atoms with van der Waals surface area (Å²) in [5.41, 5.74) is 0.925. The average molecular weight is 247 g/mol. The Bertz CT molecular complexity index is 410. The van der Waals surface area contributed by atoms with Crippen LogP contribution in [0.3, 0.4) is 0 Å². The summed E-state index contributed by atoms with van der Waals surface area (Å²) < 4.78 is 10.0. The van der Waals surface area contributed by atoms with Crippen molar-refractivity contribution in [1.29, 1.82) is 0 Å². The van der Waals surface area contributed by atoms with E-state index in [-0.39, 0.29) is 12.7 Å². The standard InChI is InChI=1S/C14H17NO3/c1-3-10-15-14(16)9-6-12-4-7-13(8-5-12)18-11-17-2/h3-9H,1,10-11H2,2H3,(H,15,16)/b9-6+. The van der Waals surface area contributed by atoms with Crippen LogP contribution in [0.25, 0.3) is 6.08 Å². The quantitative estimate of drug-likeness (QED) is 0.455. The van der Waals surface area contributed by atoms with E-state index in [1.54, 1.807) is 19.3 Å². The van der Waals surface area contributed by atoms with Gasteiger partial charge in [0.25, 0.3) is 0 Å². The summed E-state index contributed by atoms with van der Waals surface area (Å²) in [6.07, 6.45) is 4.85. The maximum Gasteiger partial charge on any atom is 0.244 e. The van der Waals surface area contributed by atoms with Crippen LogP contribution < -0.4 is 10.1 Å². The zero-order valence-electron chi connectivity index (χ0n) is 10.4. The number of ether oxygens (including phenoxy) is 2. The minimum absolute atomic E-state index is 0.144. The van der Waals surface area contributed by atoms with E-state index in [1.807, 2.05) is 24.3 Å². The molecule has 0 aliphatic heterocycles. The van der Waals surface area contributed by atoms with Gasteiger partial charge in [-0.05, 0) is 23.8 Å². The number of benzene rings is 1. The molecule has 4 nitrogen and oxygen atoms in total. The molecule has 96 valence electrons. The minimum Gasteiger partial charge on any atom is -0.468 e. The number of carbonyl (C=O) groups excluding carboxylic acids is 1. The van der Waals surface area contributed by atoms with Crippen molar-refractivity contribution < 1.29 is 14.3 Å². The molecule has 1 amide bonds. The van der Waals surface area contributed by atoms with Crippen molar-refractivity contribution in [3.05, 3.63) is 48.6 Å². The smallest absolute Gasteiger partial charge is 0.244 e. The summed E-state index contributed by atoms with van der Waals surface area (Å²) in [4.78, 5) is 11.3. The van der Waals surface area contributed by atoms with Crippen molar-refractivity contribution in [1.82, 2.24) is 5.32 Å². The Balaban J connectivity index is 2.49. The van der Waals surface area contributed by atoms with E-state index in [1.165, 1.54) is 6.08 Å². The molecule has 0 aromatic heterocycles. The predicted molar refractivity (Wildman–Crippen MR) is 71.2 cm³/mol. The predicted octanol–water partition coefficient (Wildman–Crippen LogP) is 1.98. The van der Waals surface area contributed by atoms with Crippen molar-refractivity contribution in [2.75, 3.05) is 20.4 Å². The molecule has 4 heteroatoms. The molecule has 0 atom stereocenters. The molecule has 0 saturated heterocycles. The Morgan fingerprint density at radius 2 is 2.11 bits per heavy atom. The number of amides is 1. The van der Waals surface area contributed by atoms with Crippen LogP contribution in [0.4, 0.5) is 0 Å². The van der Waals surface area contributed by atoms with E-state index in [9.17, 15) is 4.79 Å². The van der Waals surface area contributed by atoms with E-state index in [0.29, 0.717) is 6.54 Å². The largest absolute Gasteiger partial charge is 0.468 e. The Labute approximate surface area is 107 Å². The second-order valence-electron chi connectivity index (χ2n) is 3.49. The molecule has 1 rings (SSSR count). The van der Waals surface area contributed by atoms with E-state index in [0.717, 1.165) is 11.3 Å². The van der Waals surface area contributed by atoms with Crippen LogP contribution in [0.5, 0.6) is 5.75 Å². The zero-order chi connectivity index (χ0) is 13.2. The first-order valence-electron chi connectivity index (χ1n) is 5.55. The van der Waals surface area contributed by atoms with Gasteiger partial charge in [0.05, 0.1) is 0 Å².